The number of unbranched alkanes of at least 4 members (excludes halogenated alkanes) is 9. The van der Waals surface area contributed by atoms with Crippen LogP contribution in [0.4, 0.5) is 0 Å². The quantitative estimate of drug-likeness (QED) is 0.404. The van der Waals surface area contributed by atoms with Crippen LogP contribution in [-0.2, 0) is 4.79 Å². The normalized spacial score (nSPS) is 11.7. The van der Waals surface area contributed by atoms with Crippen molar-refractivity contribution in [3.05, 3.63) is 0 Å². The summed E-state index contributed by atoms with van der Waals surface area (Å²) in [4.78, 5) is 10.9. The molecule has 2 N–H and O–H groups in total. The standard InChI is InChI=1S/C16H34N2O/c1-4-5-6-7-8-9-10-11-12-13-14-18(2,3)15-16(17)19/h4-15H2,1-3H3,(H-,17,19)/p+1. The lowest BCUT2D eigenvalue weighted by atomic mass is 10.1. The molecule has 114 valence electrons. The molecule has 0 saturated carbocycles. The first-order valence-corrected chi connectivity index (χ1v) is 8.08. The van der Waals surface area contributed by atoms with Crippen LogP contribution in [0.5, 0.6) is 0 Å². The molecule has 3 heteroatoms. The van der Waals surface area contributed by atoms with Crippen molar-refractivity contribution in [3.8, 4) is 0 Å². The fourth-order valence-electron chi connectivity index (χ4n) is 2.53. The average Bonchev–Trinajstić information content (AvgIpc) is 2.30. The Hall–Kier alpha value is -0.570. The summed E-state index contributed by atoms with van der Waals surface area (Å²) in [6, 6.07) is 0. The third-order valence-electron chi connectivity index (χ3n) is 3.70. The van der Waals surface area contributed by atoms with Crippen molar-refractivity contribution in [1.82, 2.24) is 0 Å². The summed E-state index contributed by atoms with van der Waals surface area (Å²) in [7, 11) is 4.16. The summed E-state index contributed by atoms with van der Waals surface area (Å²) in [5, 5.41) is 0. The molecule has 0 aliphatic carbocycles. The van der Waals surface area contributed by atoms with Crippen molar-refractivity contribution in [3.63, 3.8) is 0 Å². The summed E-state index contributed by atoms with van der Waals surface area (Å²) < 4.78 is 0.729. The molecule has 0 saturated heterocycles. The molecule has 3 nitrogen and oxygen atoms in total. The lowest BCUT2D eigenvalue weighted by molar-refractivity contribution is -0.882. The minimum atomic E-state index is -0.197. The number of amides is 1. The van der Waals surface area contributed by atoms with Gasteiger partial charge in [0.15, 0.2) is 6.54 Å². The van der Waals surface area contributed by atoms with E-state index >= 15 is 0 Å². The largest absolute Gasteiger partial charge is 0.365 e. The van der Waals surface area contributed by atoms with E-state index in [1.165, 1.54) is 64.2 Å². The van der Waals surface area contributed by atoms with Gasteiger partial charge in [-0.2, -0.15) is 0 Å². The van der Waals surface area contributed by atoms with Gasteiger partial charge in [0.05, 0.1) is 20.6 Å². The second kappa shape index (κ2) is 11.3. The van der Waals surface area contributed by atoms with E-state index in [0.717, 1.165) is 11.0 Å². The number of rotatable bonds is 13. The molecule has 0 spiro atoms. The number of carbonyl (C=O) groups is 1. The number of quaternary nitrogens is 1. The molecule has 0 radical (unpaired) electrons. The van der Waals surface area contributed by atoms with Crippen molar-refractivity contribution >= 4 is 5.91 Å². The predicted octanol–water partition coefficient (Wildman–Crippen LogP) is 3.47. The van der Waals surface area contributed by atoms with Gasteiger partial charge in [0.1, 0.15) is 0 Å². The zero-order valence-corrected chi connectivity index (χ0v) is 13.4. The minimum Gasteiger partial charge on any atom is -0.365 e. The van der Waals surface area contributed by atoms with Gasteiger partial charge in [-0.1, -0.05) is 58.3 Å². The Kier molecular flexibility index (Phi) is 10.9. The Labute approximate surface area is 120 Å². The first-order valence-electron chi connectivity index (χ1n) is 8.08. The van der Waals surface area contributed by atoms with E-state index < -0.39 is 0 Å². The molecule has 19 heavy (non-hydrogen) atoms. The minimum absolute atomic E-state index is 0.197. The molecule has 0 rings (SSSR count). The fraction of sp³-hybridized carbons (Fsp3) is 0.938. The van der Waals surface area contributed by atoms with Crippen LogP contribution in [0.15, 0.2) is 0 Å². The van der Waals surface area contributed by atoms with Crippen molar-refractivity contribution in [2.75, 3.05) is 27.2 Å². The smallest absolute Gasteiger partial charge is 0.272 e. The number of nitrogens with two attached hydrogens (primary N) is 1. The van der Waals surface area contributed by atoms with E-state index in [1.807, 2.05) is 0 Å². The van der Waals surface area contributed by atoms with E-state index in [1.54, 1.807) is 0 Å². The van der Waals surface area contributed by atoms with Crippen LogP contribution in [0, 0.1) is 0 Å². The van der Waals surface area contributed by atoms with E-state index in [9.17, 15) is 4.79 Å². The van der Waals surface area contributed by atoms with Gasteiger partial charge in [-0.05, 0) is 12.8 Å². The third kappa shape index (κ3) is 13.7. The maximum Gasteiger partial charge on any atom is 0.272 e. The Morgan fingerprint density at radius 3 is 1.68 bits per heavy atom. The number of hydrogen-bond donors (Lipinski definition) is 1. The van der Waals surface area contributed by atoms with Crippen LogP contribution < -0.4 is 5.73 Å². The zero-order chi connectivity index (χ0) is 14.6. The van der Waals surface area contributed by atoms with Crippen molar-refractivity contribution in [2.24, 2.45) is 5.73 Å². The average molecular weight is 271 g/mol. The molecule has 0 aromatic heterocycles. The molecule has 0 heterocycles. The molecular formula is C16H35N2O+. The van der Waals surface area contributed by atoms with Crippen LogP contribution in [0.25, 0.3) is 0 Å². The van der Waals surface area contributed by atoms with Crippen LogP contribution in [0.1, 0.15) is 71.1 Å². The van der Waals surface area contributed by atoms with Gasteiger partial charge in [0.25, 0.3) is 5.91 Å². The first kappa shape index (κ1) is 18.4. The molecule has 0 bridgehead atoms. The van der Waals surface area contributed by atoms with Crippen molar-refractivity contribution in [1.29, 1.82) is 0 Å². The Morgan fingerprint density at radius 1 is 0.842 bits per heavy atom. The van der Waals surface area contributed by atoms with Gasteiger partial charge < -0.3 is 10.2 Å². The summed E-state index contributed by atoms with van der Waals surface area (Å²) in [5.41, 5.74) is 5.24. The topological polar surface area (TPSA) is 43.1 Å². The van der Waals surface area contributed by atoms with E-state index in [4.69, 9.17) is 5.73 Å². The SMILES string of the molecule is CCCCCCCCCCCC[N+](C)(C)CC(N)=O. The van der Waals surface area contributed by atoms with Gasteiger partial charge >= 0.3 is 0 Å². The van der Waals surface area contributed by atoms with Gasteiger partial charge in [-0.25, -0.2) is 0 Å². The molecule has 0 aromatic rings. The van der Waals surface area contributed by atoms with E-state index in [0.29, 0.717) is 6.54 Å². The predicted molar refractivity (Wildman–Crippen MR) is 82.9 cm³/mol. The van der Waals surface area contributed by atoms with Gasteiger partial charge in [-0.3, -0.25) is 4.79 Å². The molecule has 0 aliphatic heterocycles. The second-order valence-electron chi connectivity index (χ2n) is 6.47. The lowest BCUT2D eigenvalue weighted by Crippen LogP contribution is -2.46. The molecule has 0 fully saturated rings. The number of likely N-dealkylation sites (N-methyl/N-ethyl adjacent to an activating group) is 1. The third-order valence-corrected chi connectivity index (χ3v) is 3.70. The van der Waals surface area contributed by atoms with Crippen LogP contribution in [0.3, 0.4) is 0 Å². The van der Waals surface area contributed by atoms with E-state index in [-0.39, 0.29) is 5.91 Å². The van der Waals surface area contributed by atoms with Crippen LogP contribution >= 0.6 is 0 Å². The Balaban J connectivity index is 3.28. The molecule has 1 amide bonds. The van der Waals surface area contributed by atoms with Gasteiger partial charge in [-0.15, -0.1) is 0 Å². The summed E-state index contributed by atoms with van der Waals surface area (Å²) >= 11 is 0. The summed E-state index contributed by atoms with van der Waals surface area (Å²) in [6.45, 7) is 3.77. The molecule has 0 atom stereocenters. The number of primary amides is 1. The summed E-state index contributed by atoms with van der Waals surface area (Å²) in [5.74, 6) is -0.197. The molecule has 0 aromatic carbocycles. The highest BCUT2D eigenvalue weighted by Crippen LogP contribution is 2.11. The molecule has 0 unspecified atom stereocenters. The maximum absolute atomic E-state index is 10.9. The number of nitrogens with zero attached hydrogens (tertiary/aromatic N) is 1. The Morgan fingerprint density at radius 2 is 1.26 bits per heavy atom. The monoisotopic (exact) mass is 271 g/mol. The maximum atomic E-state index is 10.9. The highest BCUT2D eigenvalue weighted by Gasteiger charge is 2.16. The number of hydrogen-bond acceptors (Lipinski definition) is 1. The van der Waals surface area contributed by atoms with E-state index in [2.05, 4.69) is 21.0 Å². The Bertz CT molecular complexity index is 227. The highest BCUT2D eigenvalue weighted by molar-refractivity contribution is 5.74. The van der Waals surface area contributed by atoms with Crippen LogP contribution in [-0.4, -0.2) is 37.6 Å². The molecule has 0 aliphatic rings. The first-order chi connectivity index (χ1) is 8.98. The second-order valence-corrected chi connectivity index (χ2v) is 6.47. The number of carbonyl (C=O) groups excluding carboxylic acids is 1. The highest BCUT2D eigenvalue weighted by atomic mass is 16.1. The van der Waals surface area contributed by atoms with Gasteiger partial charge in [0.2, 0.25) is 0 Å². The summed E-state index contributed by atoms with van der Waals surface area (Å²) in [6.07, 6.45) is 13.6. The van der Waals surface area contributed by atoms with Crippen LogP contribution in [0.2, 0.25) is 0 Å². The fourth-order valence-corrected chi connectivity index (χ4v) is 2.53. The van der Waals surface area contributed by atoms with Crippen molar-refractivity contribution < 1.29 is 9.28 Å². The zero-order valence-electron chi connectivity index (χ0n) is 13.4. The van der Waals surface area contributed by atoms with Gasteiger partial charge in [0, 0.05) is 0 Å². The lowest BCUT2D eigenvalue weighted by Gasteiger charge is -2.28. The van der Waals surface area contributed by atoms with Crippen molar-refractivity contribution in [2.45, 2.75) is 71.1 Å². The molecular weight excluding hydrogens is 236 g/mol.